The summed E-state index contributed by atoms with van der Waals surface area (Å²) in [6.07, 6.45) is 3.11. The van der Waals surface area contributed by atoms with E-state index in [2.05, 4.69) is 77.2 Å². The van der Waals surface area contributed by atoms with Gasteiger partial charge in [-0.3, -0.25) is 0 Å². The van der Waals surface area contributed by atoms with E-state index < -0.39 is 0 Å². The Bertz CT molecular complexity index is 1000. The van der Waals surface area contributed by atoms with Crippen LogP contribution < -0.4 is 10.1 Å². The van der Waals surface area contributed by atoms with Gasteiger partial charge in [0, 0.05) is 29.2 Å². The minimum absolute atomic E-state index is 0.798. The molecule has 0 unspecified atom stereocenters. The number of fused-ring (bicyclic) bond motifs is 2. The molecule has 4 rings (SSSR count). The third kappa shape index (κ3) is 3.11. The van der Waals surface area contributed by atoms with Crippen molar-refractivity contribution in [3.8, 4) is 5.75 Å². The van der Waals surface area contributed by atoms with Crippen LogP contribution in [0.1, 0.15) is 11.1 Å². The van der Waals surface area contributed by atoms with Crippen molar-refractivity contribution in [2.75, 3.05) is 13.7 Å². The molecule has 0 saturated heterocycles. The Hall–Kier alpha value is -2.78. The van der Waals surface area contributed by atoms with E-state index in [1.165, 1.54) is 32.8 Å². The van der Waals surface area contributed by atoms with Gasteiger partial charge >= 0.3 is 0 Å². The lowest BCUT2D eigenvalue weighted by Crippen LogP contribution is -2.17. The molecule has 1 heterocycles. The molecule has 0 fully saturated rings. The highest BCUT2D eigenvalue weighted by molar-refractivity contribution is 5.87. The largest absolute Gasteiger partial charge is 0.496 e. The number of ether oxygens (including phenoxy) is 1. The van der Waals surface area contributed by atoms with E-state index in [0.717, 1.165) is 25.3 Å². The second-order valence-corrected chi connectivity index (χ2v) is 6.25. The highest BCUT2D eigenvalue weighted by Crippen LogP contribution is 2.27. The normalized spacial score (nSPS) is 11.2. The minimum Gasteiger partial charge on any atom is -0.496 e. The fourth-order valence-electron chi connectivity index (χ4n) is 3.46. The SMILES string of the molecule is COc1ccc2ccccc2c1CNCCc1c[nH]c2ccccc12. The molecule has 3 heteroatoms. The number of methoxy groups -OCH3 is 1. The van der Waals surface area contributed by atoms with Gasteiger partial charge in [0.2, 0.25) is 0 Å². The molecular formula is C22H22N2O. The number of benzene rings is 3. The van der Waals surface area contributed by atoms with E-state index in [9.17, 15) is 0 Å². The maximum atomic E-state index is 5.57. The molecule has 0 atom stereocenters. The molecule has 0 saturated carbocycles. The zero-order chi connectivity index (χ0) is 17.1. The topological polar surface area (TPSA) is 37.0 Å². The van der Waals surface area contributed by atoms with Crippen LogP contribution in [0.5, 0.6) is 5.75 Å². The first-order valence-corrected chi connectivity index (χ1v) is 8.67. The van der Waals surface area contributed by atoms with Crippen LogP contribution in [0.4, 0.5) is 0 Å². The molecule has 0 spiro atoms. The number of para-hydroxylation sites is 1. The first-order valence-electron chi connectivity index (χ1n) is 8.67. The number of rotatable bonds is 6. The highest BCUT2D eigenvalue weighted by Gasteiger charge is 2.08. The summed E-state index contributed by atoms with van der Waals surface area (Å²) < 4.78 is 5.57. The molecule has 4 aromatic rings. The average Bonchev–Trinajstić information content (AvgIpc) is 3.08. The molecule has 25 heavy (non-hydrogen) atoms. The van der Waals surface area contributed by atoms with Crippen LogP contribution >= 0.6 is 0 Å². The molecule has 0 bridgehead atoms. The first-order chi connectivity index (χ1) is 12.4. The van der Waals surface area contributed by atoms with Crippen molar-refractivity contribution in [2.45, 2.75) is 13.0 Å². The van der Waals surface area contributed by atoms with Gasteiger partial charge in [0.1, 0.15) is 5.75 Å². The van der Waals surface area contributed by atoms with Crippen molar-refractivity contribution in [3.63, 3.8) is 0 Å². The number of aromatic nitrogens is 1. The molecule has 0 aliphatic rings. The van der Waals surface area contributed by atoms with Gasteiger partial charge in [-0.2, -0.15) is 0 Å². The lowest BCUT2D eigenvalue weighted by atomic mass is 10.0. The van der Waals surface area contributed by atoms with E-state index in [1.54, 1.807) is 7.11 Å². The minimum atomic E-state index is 0.798. The molecule has 0 radical (unpaired) electrons. The fourth-order valence-corrected chi connectivity index (χ4v) is 3.46. The molecule has 3 aromatic carbocycles. The molecule has 3 nitrogen and oxygen atoms in total. The smallest absolute Gasteiger partial charge is 0.123 e. The van der Waals surface area contributed by atoms with Gasteiger partial charge in [-0.15, -0.1) is 0 Å². The number of aromatic amines is 1. The van der Waals surface area contributed by atoms with E-state index in [0.29, 0.717) is 0 Å². The van der Waals surface area contributed by atoms with Crippen LogP contribution in [-0.2, 0) is 13.0 Å². The van der Waals surface area contributed by atoms with Gasteiger partial charge in [0.05, 0.1) is 7.11 Å². The molecule has 126 valence electrons. The van der Waals surface area contributed by atoms with Gasteiger partial charge in [-0.1, -0.05) is 48.5 Å². The third-order valence-electron chi connectivity index (χ3n) is 4.77. The Morgan fingerprint density at radius 1 is 0.920 bits per heavy atom. The summed E-state index contributed by atoms with van der Waals surface area (Å²) in [4.78, 5) is 3.34. The van der Waals surface area contributed by atoms with E-state index >= 15 is 0 Å². The summed E-state index contributed by atoms with van der Waals surface area (Å²) in [6, 6.07) is 21.1. The monoisotopic (exact) mass is 330 g/mol. The maximum Gasteiger partial charge on any atom is 0.123 e. The van der Waals surface area contributed by atoms with Crippen molar-refractivity contribution >= 4 is 21.7 Å². The quantitative estimate of drug-likeness (QED) is 0.504. The Kier molecular flexibility index (Phi) is 4.40. The Morgan fingerprint density at radius 3 is 2.60 bits per heavy atom. The summed E-state index contributed by atoms with van der Waals surface area (Å²) in [5, 5.41) is 7.39. The van der Waals surface area contributed by atoms with Crippen molar-refractivity contribution < 1.29 is 4.74 Å². The Labute approximate surface area is 147 Å². The highest BCUT2D eigenvalue weighted by atomic mass is 16.5. The third-order valence-corrected chi connectivity index (χ3v) is 4.77. The summed E-state index contributed by atoms with van der Waals surface area (Å²) in [5.41, 5.74) is 3.78. The molecule has 2 N–H and O–H groups in total. The summed E-state index contributed by atoms with van der Waals surface area (Å²) in [7, 11) is 1.74. The second kappa shape index (κ2) is 6.99. The number of hydrogen-bond donors (Lipinski definition) is 2. The van der Waals surface area contributed by atoms with Gasteiger partial charge < -0.3 is 15.0 Å². The van der Waals surface area contributed by atoms with Crippen LogP contribution in [0.2, 0.25) is 0 Å². The van der Waals surface area contributed by atoms with Crippen molar-refractivity contribution in [2.24, 2.45) is 0 Å². The van der Waals surface area contributed by atoms with Crippen molar-refractivity contribution in [1.29, 1.82) is 0 Å². The fraction of sp³-hybridized carbons (Fsp3) is 0.182. The molecular weight excluding hydrogens is 308 g/mol. The van der Waals surface area contributed by atoms with E-state index in [-0.39, 0.29) is 0 Å². The standard InChI is InChI=1S/C22H22N2O/c1-25-22-11-10-16-6-2-3-7-18(16)20(22)15-23-13-12-17-14-24-21-9-5-4-8-19(17)21/h2-11,14,23-24H,12-13,15H2,1H3. The van der Waals surface area contributed by atoms with Crippen LogP contribution in [0.3, 0.4) is 0 Å². The zero-order valence-electron chi connectivity index (χ0n) is 14.4. The van der Waals surface area contributed by atoms with E-state index in [1.807, 2.05) is 0 Å². The zero-order valence-corrected chi connectivity index (χ0v) is 14.4. The second-order valence-electron chi connectivity index (χ2n) is 6.25. The number of nitrogens with one attached hydrogen (secondary N) is 2. The van der Waals surface area contributed by atoms with E-state index in [4.69, 9.17) is 4.74 Å². The average molecular weight is 330 g/mol. The van der Waals surface area contributed by atoms with Gasteiger partial charge in [0.25, 0.3) is 0 Å². The van der Waals surface area contributed by atoms with Crippen LogP contribution in [0, 0.1) is 0 Å². The van der Waals surface area contributed by atoms with Crippen molar-refractivity contribution in [3.05, 3.63) is 78.0 Å². The summed E-state index contributed by atoms with van der Waals surface area (Å²) in [5.74, 6) is 0.943. The van der Waals surface area contributed by atoms with Crippen LogP contribution in [0.15, 0.2) is 66.9 Å². The first kappa shape index (κ1) is 15.7. The lowest BCUT2D eigenvalue weighted by molar-refractivity contribution is 0.409. The molecule has 0 amide bonds. The lowest BCUT2D eigenvalue weighted by Gasteiger charge is -2.13. The van der Waals surface area contributed by atoms with Crippen LogP contribution in [0.25, 0.3) is 21.7 Å². The van der Waals surface area contributed by atoms with Crippen molar-refractivity contribution in [1.82, 2.24) is 10.3 Å². The maximum absolute atomic E-state index is 5.57. The van der Waals surface area contributed by atoms with Gasteiger partial charge in [0.15, 0.2) is 0 Å². The number of H-pyrrole nitrogens is 1. The Balaban J connectivity index is 1.47. The van der Waals surface area contributed by atoms with Gasteiger partial charge in [-0.25, -0.2) is 0 Å². The molecule has 1 aromatic heterocycles. The Morgan fingerprint density at radius 2 is 1.72 bits per heavy atom. The summed E-state index contributed by atoms with van der Waals surface area (Å²) in [6.45, 7) is 1.72. The molecule has 0 aliphatic heterocycles. The predicted octanol–water partition coefficient (Wildman–Crippen LogP) is 4.66. The van der Waals surface area contributed by atoms with Gasteiger partial charge in [-0.05, 0) is 41.4 Å². The summed E-state index contributed by atoms with van der Waals surface area (Å²) >= 11 is 0. The van der Waals surface area contributed by atoms with Crippen LogP contribution in [-0.4, -0.2) is 18.6 Å². The predicted molar refractivity (Wildman–Crippen MR) is 104 cm³/mol. The molecule has 0 aliphatic carbocycles. The number of hydrogen-bond acceptors (Lipinski definition) is 2.